The second kappa shape index (κ2) is 5.50. The molecular weight excluding hydrogens is 224 g/mol. The van der Waals surface area contributed by atoms with E-state index < -0.39 is 0 Å². The lowest BCUT2D eigenvalue weighted by atomic mass is 9.57. The molecular formula is C16H30O2. The summed E-state index contributed by atoms with van der Waals surface area (Å²) < 4.78 is 0. The summed E-state index contributed by atoms with van der Waals surface area (Å²) in [5.74, 6) is 3.29. The summed E-state index contributed by atoms with van der Waals surface area (Å²) in [5.41, 5.74) is 0. The molecule has 0 aromatic rings. The van der Waals surface area contributed by atoms with E-state index in [1.807, 2.05) is 0 Å². The van der Waals surface area contributed by atoms with Gasteiger partial charge in [-0.3, -0.25) is 0 Å². The van der Waals surface area contributed by atoms with Crippen LogP contribution in [-0.2, 0) is 0 Å². The number of hydrogen-bond donors (Lipinski definition) is 2. The summed E-state index contributed by atoms with van der Waals surface area (Å²) in [4.78, 5) is 0. The van der Waals surface area contributed by atoms with Gasteiger partial charge in [0.15, 0.2) is 0 Å². The van der Waals surface area contributed by atoms with Crippen molar-refractivity contribution in [3.63, 3.8) is 0 Å². The van der Waals surface area contributed by atoms with Gasteiger partial charge in [-0.05, 0) is 61.2 Å². The van der Waals surface area contributed by atoms with E-state index in [1.54, 1.807) is 0 Å². The third kappa shape index (κ3) is 2.46. The highest BCUT2D eigenvalue weighted by molar-refractivity contribution is 4.94. The standard InChI is InChI=1S/C16H30O2/c1-9-5-7-13(17)11(3)15(9)16-10(2)6-8-14(18)12(16)4/h9-18H,5-8H2,1-4H3. The smallest absolute Gasteiger partial charge is 0.0568 e. The molecule has 2 nitrogen and oxygen atoms in total. The zero-order valence-electron chi connectivity index (χ0n) is 12.3. The van der Waals surface area contributed by atoms with Crippen molar-refractivity contribution < 1.29 is 10.2 Å². The van der Waals surface area contributed by atoms with Gasteiger partial charge in [-0.2, -0.15) is 0 Å². The molecule has 2 heteroatoms. The molecule has 0 bridgehead atoms. The highest BCUT2D eigenvalue weighted by atomic mass is 16.3. The summed E-state index contributed by atoms with van der Waals surface area (Å²) in [6.07, 6.45) is 3.92. The monoisotopic (exact) mass is 254 g/mol. The molecule has 0 aromatic carbocycles. The number of aliphatic hydroxyl groups excluding tert-OH is 2. The molecule has 0 aliphatic heterocycles. The SMILES string of the molecule is CC1CCC(O)C(C)C1C1C(C)CCC(O)C1C. The van der Waals surface area contributed by atoms with Crippen molar-refractivity contribution >= 4 is 0 Å². The fraction of sp³-hybridized carbons (Fsp3) is 1.00. The van der Waals surface area contributed by atoms with Crippen LogP contribution >= 0.6 is 0 Å². The number of hydrogen-bond acceptors (Lipinski definition) is 2. The number of rotatable bonds is 1. The van der Waals surface area contributed by atoms with Gasteiger partial charge in [-0.1, -0.05) is 27.7 Å². The largest absolute Gasteiger partial charge is 0.393 e. The molecule has 8 unspecified atom stereocenters. The molecule has 2 N–H and O–H groups in total. The predicted molar refractivity (Wildman–Crippen MR) is 74.1 cm³/mol. The average molecular weight is 254 g/mol. The van der Waals surface area contributed by atoms with Crippen molar-refractivity contribution in [1.82, 2.24) is 0 Å². The van der Waals surface area contributed by atoms with Crippen LogP contribution < -0.4 is 0 Å². The van der Waals surface area contributed by atoms with E-state index in [0.29, 0.717) is 35.5 Å². The van der Waals surface area contributed by atoms with Gasteiger partial charge < -0.3 is 10.2 Å². The van der Waals surface area contributed by atoms with Crippen molar-refractivity contribution in [3.8, 4) is 0 Å². The highest BCUT2D eigenvalue weighted by Crippen LogP contribution is 2.48. The van der Waals surface area contributed by atoms with Crippen LogP contribution in [0, 0.1) is 35.5 Å². The zero-order chi connectivity index (χ0) is 13.4. The minimum atomic E-state index is -0.135. The Hall–Kier alpha value is -0.0800. The Bertz CT molecular complexity index is 250. The van der Waals surface area contributed by atoms with Crippen LogP contribution in [0.15, 0.2) is 0 Å². The quantitative estimate of drug-likeness (QED) is 0.755. The van der Waals surface area contributed by atoms with Gasteiger partial charge in [-0.25, -0.2) is 0 Å². The molecule has 0 aromatic heterocycles. The van der Waals surface area contributed by atoms with E-state index in [2.05, 4.69) is 27.7 Å². The molecule has 106 valence electrons. The van der Waals surface area contributed by atoms with Crippen LogP contribution in [0.4, 0.5) is 0 Å². The van der Waals surface area contributed by atoms with Crippen molar-refractivity contribution in [2.45, 2.75) is 65.6 Å². The highest BCUT2D eigenvalue weighted by Gasteiger charge is 2.45. The van der Waals surface area contributed by atoms with Crippen LogP contribution in [0.3, 0.4) is 0 Å². The van der Waals surface area contributed by atoms with E-state index in [9.17, 15) is 10.2 Å². The maximum atomic E-state index is 10.2. The van der Waals surface area contributed by atoms with Crippen LogP contribution in [0.5, 0.6) is 0 Å². The molecule has 2 fully saturated rings. The van der Waals surface area contributed by atoms with E-state index in [1.165, 1.54) is 0 Å². The van der Waals surface area contributed by atoms with Gasteiger partial charge in [0.2, 0.25) is 0 Å². The van der Waals surface area contributed by atoms with Crippen LogP contribution in [0.2, 0.25) is 0 Å². The third-order valence-electron chi connectivity index (χ3n) is 6.02. The van der Waals surface area contributed by atoms with Crippen LogP contribution in [-0.4, -0.2) is 22.4 Å². The first-order chi connectivity index (χ1) is 8.43. The summed E-state index contributed by atoms with van der Waals surface area (Å²) in [6, 6.07) is 0. The van der Waals surface area contributed by atoms with E-state index in [4.69, 9.17) is 0 Å². The lowest BCUT2D eigenvalue weighted by molar-refractivity contribution is -0.0768. The summed E-state index contributed by atoms with van der Waals surface area (Å²) in [7, 11) is 0. The first-order valence-corrected chi connectivity index (χ1v) is 7.79. The summed E-state index contributed by atoms with van der Waals surface area (Å²) >= 11 is 0. The maximum absolute atomic E-state index is 10.2. The molecule has 2 aliphatic rings. The van der Waals surface area contributed by atoms with Gasteiger partial charge in [0, 0.05) is 0 Å². The molecule has 2 rings (SSSR count). The zero-order valence-corrected chi connectivity index (χ0v) is 12.3. The first kappa shape index (κ1) is 14.3. The summed E-state index contributed by atoms with van der Waals surface area (Å²) in [6.45, 7) is 9.11. The van der Waals surface area contributed by atoms with E-state index in [0.717, 1.165) is 25.7 Å². The molecule has 0 saturated heterocycles. The molecule has 8 atom stereocenters. The Labute approximate surface area is 112 Å². The lowest BCUT2D eigenvalue weighted by Crippen LogP contribution is -2.47. The molecule has 2 aliphatic carbocycles. The second-order valence-electron chi connectivity index (χ2n) is 7.12. The van der Waals surface area contributed by atoms with E-state index in [-0.39, 0.29) is 12.2 Å². The van der Waals surface area contributed by atoms with Gasteiger partial charge in [0.1, 0.15) is 0 Å². The van der Waals surface area contributed by atoms with Crippen molar-refractivity contribution in [3.05, 3.63) is 0 Å². The molecule has 0 spiro atoms. The van der Waals surface area contributed by atoms with Gasteiger partial charge >= 0.3 is 0 Å². The van der Waals surface area contributed by atoms with Crippen molar-refractivity contribution in [1.29, 1.82) is 0 Å². The minimum absolute atomic E-state index is 0.135. The minimum Gasteiger partial charge on any atom is -0.393 e. The second-order valence-corrected chi connectivity index (χ2v) is 7.12. The topological polar surface area (TPSA) is 40.5 Å². The van der Waals surface area contributed by atoms with Crippen LogP contribution in [0.25, 0.3) is 0 Å². The molecule has 18 heavy (non-hydrogen) atoms. The van der Waals surface area contributed by atoms with Gasteiger partial charge in [0.25, 0.3) is 0 Å². The Morgan fingerprint density at radius 1 is 0.611 bits per heavy atom. The predicted octanol–water partition coefficient (Wildman–Crippen LogP) is 3.07. The Morgan fingerprint density at radius 2 is 0.944 bits per heavy atom. The average Bonchev–Trinajstić information content (AvgIpc) is 2.33. The van der Waals surface area contributed by atoms with Crippen molar-refractivity contribution in [2.24, 2.45) is 35.5 Å². The fourth-order valence-electron chi connectivity index (χ4n) is 4.79. The Balaban J connectivity index is 2.20. The summed E-state index contributed by atoms with van der Waals surface area (Å²) in [5, 5.41) is 20.3. The Kier molecular flexibility index (Phi) is 4.38. The molecule has 0 radical (unpaired) electrons. The first-order valence-electron chi connectivity index (χ1n) is 7.79. The molecule has 0 heterocycles. The van der Waals surface area contributed by atoms with Crippen LogP contribution in [0.1, 0.15) is 53.4 Å². The fourth-order valence-corrected chi connectivity index (χ4v) is 4.79. The normalized spacial score (nSPS) is 54.3. The Morgan fingerprint density at radius 3 is 1.28 bits per heavy atom. The van der Waals surface area contributed by atoms with Crippen molar-refractivity contribution in [2.75, 3.05) is 0 Å². The maximum Gasteiger partial charge on any atom is 0.0568 e. The van der Waals surface area contributed by atoms with Gasteiger partial charge in [-0.15, -0.1) is 0 Å². The molecule has 2 saturated carbocycles. The number of aliphatic hydroxyl groups is 2. The lowest BCUT2D eigenvalue weighted by Gasteiger charge is -2.50. The van der Waals surface area contributed by atoms with E-state index >= 15 is 0 Å². The molecule has 0 amide bonds. The third-order valence-corrected chi connectivity index (χ3v) is 6.02. The van der Waals surface area contributed by atoms with Gasteiger partial charge in [0.05, 0.1) is 12.2 Å².